The quantitative estimate of drug-likeness (QED) is 0.463. The highest BCUT2D eigenvalue weighted by Crippen LogP contribution is 2.25. The number of hydrogen-bond donors (Lipinski definition) is 2. The van der Waals surface area contributed by atoms with Crippen molar-refractivity contribution in [3.05, 3.63) is 58.6 Å². The summed E-state index contributed by atoms with van der Waals surface area (Å²) in [6, 6.07) is 13.5. The zero-order chi connectivity index (χ0) is 17.4. The molecule has 0 saturated heterocycles. The molecule has 0 aromatic heterocycles. The van der Waals surface area contributed by atoms with E-state index in [1.807, 2.05) is 6.07 Å². The van der Waals surface area contributed by atoms with Crippen LogP contribution >= 0.6 is 23.2 Å². The number of amides is 2. The summed E-state index contributed by atoms with van der Waals surface area (Å²) in [7, 11) is 0. The first-order valence-corrected chi connectivity index (χ1v) is 7.60. The molecule has 0 aliphatic heterocycles. The van der Waals surface area contributed by atoms with Crippen molar-refractivity contribution in [2.45, 2.75) is 6.42 Å². The Hall–Kier alpha value is -2.57. The average Bonchev–Trinajstić information content (AvgIpc) is 2.55. The number of nitrogens with zero attached hydrogens (tertiary/aromatic N) is 1. The Kier molecular flexibility index (Phi) is 6.60. The molecule has 0 bridgehead atoms. The Balaban J connectivity index is 1.75. The number of nitrogens with one attached hydrogen (secondary N) is 2. The lowest BCUT2D eigenvalue weighted by molar-refractivity contribution is -0.115. The van der Waals surface area contributed by atoms with Gasteiger partial charge in [0.15, 0.2) is 0 Å². The maximum atomic E-state index is 11.7. The fraction of sp³-hybridized carbons (Fsp3) is 0.0625. The smallest absolute Gasteiger partial charge is 0.324 e. The fourth-order valence-corrected chi connectivity index (χ4v) is 2.12. The number of carbonyl (C=O) groups is 2. The SMILES string of the molecule is O=C(CC=NOC(=O)Nc1ccccc1)Nc1ccc(Cl)cc1Cl. The molecule has 2 amide bonds. The van der Waals surface area contributed by atoms with Gasteiger partial charge in [0.2, 0.25) is 5.91 Å². The Morgan fingerprint density at radius 3 is 2.54 bits per heavy atom. The minimum atomic E-state index is -0.751. The van der Waals surface area contributed by atoms with Gasteiger partial charge >= 0.3 is 6.09 Å². The van der Waals surface area contributed by atoms with Crippen LogP contribution in [-0.2, 0) is 9.63 Å². The lowest BCUT2D eigenvalue weighted by atomic mass is 10.3. The van der Waals surface area contributed by atoms with Crippen LogP contribution in [0.4, 0.5) is 16.2 Å². The van der Waals surface area contributed by atoms with Gasteiger partial charge in [-0.25, -0.2) is 4.79 Å². The van der Waals surface area contributed by atoms with Gasteiger partial charge in [0.05, 0.1) is 23.3 Å². The highest BCUT2D eigenvalue weighted by molar-refractivity contribution is 6.36. The van der Waals surface area contributed by atoms with Crippen LogP contribution in [0.3, 0.4) is 0 Å². The molecule has 8 heteroatoms. The number of hydrogen-bond acceptors (Lipinski definition) is 4. The minimum absolute atomic E-state index is 0.0857. The van der Waals surface area contributed by atoms with Crippen LogP contribution in [0.15, 0.2) is 53.7 Å². The molecule has 0 aliphatic carbocycles. The second-order valence-electron chi connectivity index (χ2n) is 4.53. The normalized spacial score (nSPS) is 10.4. The average molecular weight is 366 g/mol. The number of benzene rings is 2. The van der Waals surface area contributed by atoms with Gasteiger partial charge in [0.25, 0.3) is 0 Å². The summed E-state index contributed by atoms with van der Waals surface area (Å²) >= 11 is 11.7. The Morgan fingerprint density at radius 2 is 1.83 bits per heavy atom. The highest BCUT2D eigenvalue weighted by atomic mass is 35.5. The molecule has 2 aromatic rings. The number of carbonyl (C=O) groups excluding carboxylic acids is 2. The van der Waals surface area contributed by atoms with Gasteiger partial charge in [0.1, 0.15) is 0 Å². The van der Waals surface area contributed by atoms with Crippen molar-refractivity contribution >= 4 is 52.8 Å². The van der Waals surface area contributed by atoms with Crippen molar-refractivity contribution in [2.24, 2.45) is 5.16 Å². The predicted octanol–water partition coefficient (Wildman–Crippen LogP) is 4.56. The predicted molar refractivity (Wildman–Crippen MR) is 94.7 cm³/mol. The largest absolute Gasteiger partial charge is 0.437 e. The van der Waals surface area contributed by atoms with E-state index in [9.17, 15) is 9.59 Å². The molecule has 2 rings (SSSR count). The van der Waals surface area contributed by atoms with Crippen LogP contribution < -0.4 is 10.6 Å². The van der Waals surface area contributed by atoms with Crippen LogP contribution in [0.25, 0.3) is 0 Å². The van der Waals surface area contributed by atoms with E-state index in [4.69, 9.17) is 23.2 Å². The monoisotopic (exact) mass is 365 g/mol. The number of rotatable bonds is 5. The van der Waals surface area contributed by atoms with E-state index in [1.165, 1.54) is 12.3 Å². The molecule has 0 heterocycles. The molecule has 0 spiro atoms. The molecule has 2 N–H and O–H groups in total. The fourth-order valence-electron chi connectivity index (χ4n) is 1.66. The number of anilines is 2. The van der Waals surface area contributed by atoms with Crippen molar-refractivity contribution < 1.29 is 14.4 Å². The van der Waals surface area contributed by atoms with Crippen molar-refractivity contribution in [1.29, 1.82) is 0 Å². The maximum absolute atomic E-state index is 11.7. The van der Waals surface area contributed by atoms with Gasteiger partial charge < -0.3 is 5.32 Å². The second kappa shape index (κ2) is 8.90. The Morgan fingerprint density at radius 1 is 1.08 bits per heavy atom. The van der Waals surface area contributed by atoms with E-state index in [-0.39, 0.29) is 12.3 Å². The molecule has 0 fully saturated rings. The summed E-state index contributed by atoms with van der Waals surface area (Å²) in [4.78, 5) is 27.8. The van der Waals surface area contributed by atoms with E-state index >= 15 is 0 Å². The van der Waals surface area contributed by atoms with Gasteiger partial charge in [-0.2, -0.15) is 0 Å². The van der Waals surface area contributed by atoms with Crippen LogP contribution in [0, 0.1) is 0 Å². The van der Waals surface area contributed by atoms with Gasteiger partial charge in [-0.15, -0.1) is 0 Å². The Labute approximate surface area is 148 Å². The van der Waals surface area contributed by atoms with Gasteiger partial charge in [-0.1, -0.05) is 46.6 Å². The third-order valence-electron chi connectivity index (χ3n) is 2.71. The number of oxime groups is 1. The standard InChI is InChI=1S/C16H13Cl2N3O3/c17-11-6-7-14(13(18)10-11)21-15(22)8-9-19-24-16(23)20-12-4-2-1-3-5-12/h1-7,9-10H,8H2,(H,20,23)(H,21,22). The summed E-state index contributed by atoms with van der Waals surface area (Å²) in [5.41, 5.74) is 1.01. The van der Waals surface area contributed by atoms with Crippen LogP contribution in [0.5, 0.6) is 0 Å². The second-order valence-corrected chi connectivity index (χ2v) is 5.38. The van der Waals surface area contributed by atoms with E-state index in [1.54, 1.807) is 36.4 Å². The van der Waals surface area contributed by atoms with Crippen molar-refractivity contribution in [3.63, 3.8) is 0 Å². The summed E-state index contributed by atoms with van der Waals surface area (Å²) in [5.74, 6) is -0.366. The first kappa shape index (κ1) is 17.8. The molecule has 0 atom stereocenters. The van der Waals surface area contributed by atoms with E-state index < -0.39 is 6.09 Å². The summed E-state index contributed by atoms with van der Waals surface area (Å²) < 4.78 is 0. The summed E-state index contributed by atoms with van der Waals surface area (Å²) in [5, 5.41) is 9.29. The molecule has 124 valence electrons. The molecular formula is C16H13Cl2N3O3. The molecule has 0 saturated carbocycles. The summed E-state index contributed by atoms with van der Waals surface area (Å²) in [6.45, 7) is 0. The van der Waals surface area contributed by atoms with Crippen LogP contribution in [0.1, 0.15) is 6.42 Å². The van der Waals surface area contributed by atoms with Crippen LogP contribution in [-0.4, -0.2) is 18.2 Å². The maximum Gasteiger partial charge on any atom is 0.437 e. The van der Waals surface area contributed by atoms with Crippen molar-refractivity contribution in [1.82, 2.24) is 0 Å². The zero-order valence-corrected chi connectivity index (χ0v) is 13.8. The van der Waals surface area contributed by atoms with E-state index in [0.29, 0.717) is 21.4 Å². The number of para-hydroxylation sites is 1. The van der Waals surface area contributed by atoms with Crippen molar-refractivity contribution in [2.75, 3.05) is 10.6 Å². The van der Waals surface area contributed by atoms with Gasteiger partial charge in [-0.3, -0.25) is 14.9 Å². The Bertz CT molecular complexity index is 751. The third-order valence-corrected chi connectivity index (χ3v) is 3.26. The zero-order valence-electron chi connectivity index (χ0n) is 12.3. The first-order valence-electron chi connectivity index (χ1n) is 6.84. The van der Waals surface area contributed by atoms with Crippen molar-refractivity contribution in [3.8, 4) is 0 Å². The lowest BCUT2D eigenvalue weighted by Crippen LogP contribution is -2.13. The van der Waals surface area contributed by atoms with E-state index in [2.05, 4.69) is 20.6 Å². The third kappa shape index (κ3) is 5.91. The minimum Gasteiger partial charge on any atom is -0.324 e. The first-order chi connectivity index (χ1) is 11.5. The highest BCUT2D eigenvalue weighted by Gasteiger charge is 2.06. The molecule has 0 unspecified atom stereocenters. The van der Waals surface area contributed by atoms with Crippen LogP contribution in [0.2, 0.25) is 10.0 Å². The van der Waals surface area contributed by atoms with Gasteiger partial charge in [-0.05, 0) is 30.3 Å². The number of halogens is 2. The lowest BCUT2D eigenvalue weighted by Gasteiger charge is -2.05. The van der Waals surface area contributed by atoms with Gasteiger partial charge in [0, 0.05) is 10.7 Å². The molecule has 2 aromatic carbocycles. The van der Waals surface area contributed by atoms with E-state index in [0.717, 1.165) is 0 Å². The molecule has 24 heavy (non-hydrogen) atoms. The molecule has 0 aliphatic rings. The summed E-state index contributed by atoms with van der Waals surface area (Å²) in [6.07, 6.45) is 0.333. The molecular weight excluding hydrogens is 353 g/mol. The molecule has 6 nitrogen and oxygen atoms in total. The topological polar surface area (TPSA) is 79.8 Å². The molecule has 0 radical (unpaired) electrons.